The molecule has 1 amide bonds. The summed E-state index contributed by atoms with van der Waals surface area (Å²) in [5.74, 6) is -0.513. The van der Waals surface area contributed by atoms with Gasteiger partial charge in [-0.25, -0.2) is 5.48 Å². The molecular formula is C21H20N2O2. The van der Waals surface area contributed by atoms with E-state index in [0.29, 0.717) is 5.56 Å². The van der Waals surface area contributed by atoms with Gasteiger partial charge in [-0.1, -0.05) is 66.7 Å². The molecule has 0 saturated heterocycles. The molecule has 4 nitrogen and oxygen atoms in total. The van der Waals surface area contributed by atoms with Crippen molar-refractivity contribution in [2.24, 2.45) is 0 Å². The van der Waals surface area contributed by atoms with Crippen LogP contribution in [0.3, 0.4) is 0 Å². The Labute approximate surface area is 147 Å². The quantitative estimate of drug-likeness (QED) is 0.530. The minimum atomic E-state index is -0.513. The molecule has 0 spiro atoms. The Hall–Kier alpha value is -3.11. The van der Waals surface area contributed by atoms with E-state index in [1.54, 1.807) is 17.6 Å². The maximum Gasteiger partial charge on any atom is 0.274 e. The molecule has 3 rings (SSSR count). The molecule has 0 fully saturated rings. The average molecular weight is 332 g/mol. The smallest absolute Gasteiger partial charge is 0.274 e. The SMILES string of the molecule is O=C(NO)c1cccc(N(Cc2ccccc2)Cc2ccccc2)c1. The fourth-order valence-corrected chi connectivity index (χ4v) is 2.75. The van der Waals surface area contributed by atoms with Gasteiger partial charge in [0.25, 0.3) is 5.91 Å². The molecule has 0 aliphatic carbocycles. The molecule has 4 heteroatoms. The second-order valence-corrected chi connectivity index (χ2v) is 5.82. The molecule has 0 saturated carbocycles. The molecule has 0 unspecified atom stereocenters. The van der Waals surface area contributed by atoms with Crippen molar-refractivity contribution in [2.45, 2.75) is 13.1 Å². The zero-order chi connectivity index (χ0) is 17.5. The van der Waals surface area contributed by atoms with E-state index in [1.807, 2.05) is 48.5 Å². The Morgan fingerprint density at radius 3 is 1.88 bits per heavy atom. The summed E-state index contributed by atoms with van der Waals surface area (Å²) in [7, 11) is 0. The third-order valence-corrected chi connectivity index (χ3v) is 4.01. The standard InChI is InChI=1S/C21H20N2O2/c24-21(22-25)19-12-7-13-20(14-19)23(15-17-8-3-1-4-9-17)16-18-10-5-2-6-11-18/h1-14,25H,15-16H2,(H,22,24). The van der Waals surface area contributed by atoms with Gasteiger partial charge in [-0.15, -0.1) is 0 Å². The van der Waals surface area contributed by atoms with Crippen LogP contribution in [0.4, 0.5) is 5.69 Å². The minimum absolute atomic E-state index is 0.422. The molecule has 0 radical (unpaired) electrons. The largest absolute Gasteiger partial charge is 0.363 e. The van der Waals surface area contributed by atoms with Crippen molar-refractivity contribution in [3.63, 3.8) is 0 Å². The van der Waals surface area contributed by atoms with Gasteiger partial charge in [-0.2, -0.15) is 0 Å². The van der Waals surface area contributed by atoms with E-state index in [0.717, 1.165) is 18.8 Å². The highest BCUT2D eigenvalue weighted by atomic mass is 16.5. The highest BCUT2D eigenvalue weighted by molar-refractivity contribution is 5.94. The molecule has 0 atom stereocenters. The second-order valence-electron chi connectivity index (χ2n) is 5.82. The van der Waals surface area contributed by atoms with Gasteiger partial charge in [0.15, 0.2) is 0 Å². The number of hydrogen-bond donors (Lipinski definition) is 2. The third-order valence-electron chi connectivity index (χ3n) is 4.01. The summed E-state index contributed by atoms with van der Waals surface area (Å²) < 4.78 is 0. The predicted octanol–water partition coefficient (Wildman–Crippen LogP) is 4.01. The molecule has 3 aromatic carbocycles. The van der Waals surface area contributed by atoms with Crippen molar-refractivity contribution < 1.29 is 10.0 Å². The summed E-state index contributed by atoms with van der Waals surface area (Å²) in [6.45, 7) is 1.44. The summed E-state index contributed by atoms with van der Waals surface area (Å²) in [6, 6.07) is 27.7. The van der Waals surface area contributed by atoms with E-state index >= 15 is 0 Å². The van der Waals surface area contributed by atoms with E-state index in [4.69, 9.17) is 5.21 Å². The number of nitrogens with zero attached hydrogens (tertiary/aromatic N) is 1. The van der Waals surface area contributed by atoms with E-state index in [2.05, 4.69) is 29.2 Å². The van der Waals surface area contributed by atoms with Crippen molar-refractivity contribution in [3.05, 3.63) is 102 Å². The Kier molecular flexibility index (Phi) is 5.44. The topological polar surface area (TPSA) is 52.6 Å². The number of rotatable bonds is 6. The Morgan fingerprint density at radius 1 is 0.800 bits per heavy atom. The number of amides is 1. The fraction of sp³-hybridized carbons (Fsp3) is 0.0952. The first-order valence-corrected chi connectivity index (χ1v) is 8.13. The average Bonchev–Trinajstić information content (AvgIpc) is 2.68. The van der Waals surface area contributed by atoms with Gasteiger partial charge >= 0.3 is 0 Å². The van der Waals surface area contributed by atoms with Crippen molar-refractivity contribution in [1.29, 1.82) is 0 Å². The van der Waals surface area contributed by atoms with Crippen LogP contribution in [0, 0.1) is 0 Å². The highest BCUT2D eigenvalue weighted by Gasteiger charge is 2.11. The van der Waals surface area contributed by atoms with Crippen LogP contribution in [-0.4, -0.2) is 11.1 Å². The molecular weight excluding hydrogens is 312 g/mol. The Balaban J connectivity index is 1.91. The molecule has 0 aliphatic heterocycles. The van der Waals surface area contributed by atoms with E-state index in [1.165, 1.54) is 11.1 Å². The fourth-order valence-electron chi connectivity index (χ4n) is 2.75. The summed E-state index contributed by atoms with van der Waals surface area (Å²) in [5.41, 5.74) is 5.42. The number of hydrogen-bond acceptors (Lipinski definition) is 3. The second kappa shape index (κ2) is 8.13. The van der Waals surface area contributed by atoms with Crippen molar-refractivity contribution in [1.82, 2.24) is 5.48 Å². The van der Waals surface area contributed by atoms with Crippen molar-refractivity contribution in [3.8, 4) is 0 Å². The van der Waals surface area contributed by atoms with Crippen LogP contribution >= 0.6 is 0 Å². The lowest BCUT2D eigenvalue weighted by Gasteiger charge is -2.25. The monoisotopic (exact) mass is 332 g/mol. The number of carbonyl (C=O) groups excluding carboxylic acids is 1. The zero-order valence-corrected chi connectivity index (χ0v) is 13.8. The van der Waals surface area contributed by atoms with Crippen LogP contribution in [0.5, 0.6) is 0 Å². The third kappa shape index (κ3) is 4.46. The van der Waals surface area contributed by atoms with Gasteiger partial charge in [-0.3, -0.25) is 10.0 Å². The van der Waals surface area contributed by atoms with E-state index < -0.39 is 5.91 Å². The molecule has 0 aromatic heterocycles. The summed E-state index contributed by atoms with van der Waals surface area (Å²) >= 11 is 0. The van der Waals surface area contributed by atoms with Gasteiger partial charge in [0.2, 0.25) is 0 Å². The van der Waals surface area contributed by atoms with Crippen molar-refractivity contribution >= 4 is 11.6 Å². The molecule has 2 N–H and O–H groups in total. The number of carbonyl (C=O) groups is 1. The lowest BCUT2D eigenvalue weighted by molar-refractivity contribution is 0.0706. The number of benzene rings is 3. The van der Waals surface area contributed by atoms with Crippen LogP contribution in [0.2, 0.25) is 0 Å². The molecule has 3 aromatic rings. The van der Waals surface area contributed by atoms with Crippen molar-refractivity contribution in [2.75, 3.05) is 4.90 Å². The van der Waals surface area contributed by atoms with Crippen LogP contribution in [0.25, 0.3) is 0 Å². The van der Waals surface area contributed by atoms with Gasteiger partial charge in [-0.05, 0) is 29.3 Å². The summed E-state index contributed by atoms with van der Waals surface area (Å²) in [4.78, 5) is 13.9. The van der Waals surface area contributed by atoms with Crippen LogP contribution in [-0.2, 0) is 13.1 Å². The van der Waals surface area contributed by atoms with E-state index in [9.17, 15) is 4.79 Å². The summed E-state index contributed by atoms with van der Waals surface area (Å²) in [6.07, 6.45) is 0. The maximum atomic E-state index is 11.7. The maximum absolute atomic E-state index is 11.7. The zero-order valence-electron chi connectivity index (χ0n) is 13.8. The van der Waals surface area contributed by atoms with Gasteiger partial charge < -0.3 is 4.90 Å². The normalized spacial score (nSPS) is 10.3. The van der Waals surface area contributed by atoms with Gasteiger partial charge in [0.05, 0.1) is 0 Å². The molecule has 0 aliphatic rings. The first-order chi connectivity index (χ1) is 12.3. The molecule has 0 bridgehead atoms. The molecule has 126 valence electrons. The summed E-state index contributed by atoms with van der Waals surface area (Å²) in [5, 5.41) is 8.87. The van der Waals surface area contributed by atoms with Gasteiger partial charge in [0.1, 0.15) is 0 Å². The molecule has 0 heterocycles. The number of hydroxylamine groups is 1. The number of nitrogens with one attached hydrogen (secondary N) is 1. The Morgan fingerprint density at radius 2 is 1.36 bits per heavy atom. The van der Waals surface area contributed by atoms with E-state index in [-0.39, 0.29) is 0 Å². The van der Waals surface area contributed by atoms with Crippen LogP contribution in [0.15, 0.2) is 84.9 Å². The number of anilines is 1. The Bertz CT molecular complexity index is 778. The predicted molar refractivity (Wildman–Crippen MR) is 98.5 cm³/mol. The van der Waals surface area contributed by atoms with Crippen LogP contribution in [0.1, 0.15) is 21.5 Å². The van der Waals surface area contributed by atoms with Gasteiger partial charge in [0, 0.05) is 24.3 Å². The lowest BCUT2D eigenvalue weighted by Crippen LogP contribution is -2.23. The van der Waals surface area contributed by atoms with Crippen LogP contribution < -0.4 is 10.4 Å². The molecule has 25 heavy (non-hydrogen) atoms. The lowest BCUT2D eigenvalue weighted by atomic mass is 10.1. The minimum Gasteiger partial charge on any atom is -0.363 e. The highest BCUT2D eigenvalue weighted by Crippen LogP contribution is 2.21. The first kappa shape index (κ1) is 16.7. The first-order valence-electron chi connectivity index (χ1n) is 8.13.